The number of halogens is 1. The Kier molecular flexibility index (Phi) is 5.25. The fraction of sp³-hybridized carbons (Fsp3) is 0.176. The van der Waals surface area contributed by atoms with Crippen molar-refractivity contribution in [2.24, 2.45) is 5.10 Å². The van der Waals surface area contributed by atoms with Crippen molar-refractivity contribution in [2.45, 2.75) is 13.3 Å². The number of hydrazone groups is 1. The molecule has 0 aliphatic carbocycles. The van der Waals surface area contributed by atoms with Crippen LogP contribution in [0.5, 0.6) is 5.75 Å². The van der Waals surface area contributed by atoms with E-state index in [1.807, 2.05) is 31.2 Å². The average molecular weight is 300 g/mol. The fourth-order valence-electron chi connectivity index (χ4n) is 1.94. The first-order chi connectivity index (χ1) is 10.6. The third kappa shape index (κ3) is 3.91. The van der Waals surface area contributed by atoms with Gasteiger partial charge < -0.3 is 4.74 Å². The Morgan fingerprint density at radius 2 is 1.91 bits per heavy atom. The highest BCUT2D eigenvalue weighted by Gasteiger charge is 2.07. The van der Waals surface area contributed by atoms with E-state index in [2.05, 4.69) is 10.5 Å². The molecule has 1 N–H and O–H groups in total. The molecule has 0 fully saturated rings. The third-order valence-corrected chi connectivity index (χ3v) is 3.14. The minimum absolute atomic E-state index is 0.230. The molecule has 4 nitrogen and oxygen atoms in total. The molecule has 0 heterocycles. The molecule has 0 saturated carbocycles. The molecular weight excluding hydrogens is 283 g/mol. The SMILES string of the molecule is CC/C(=N\NC(=O)c1cccc(F)c1)c1ccc(OC)cc1. The quantitative estimate of drug-likeness (QED) is 0.680. The number of hydrogen-bond acceptors (Lipinski definition) is 3. The number of ether oxygens (including phenoxy) is 1. The summed E-state index contributed by atoms with van der Waals surface area (Å²) in [5.74, 6) is -0.149. The Labute approximate surface area is 128 Å². The smallest absolute Gasteiger partial charge is 0.271 e. The molecule has 5 heteroatoms. The molecule has 0 unspecified atom stereocenters. The number of nitrogens with one attached hydrogen (secondary N) is 1. The summed E-state index contributed by atoms with van der Waals surface area (Å²) in [6, 6.07) is 12.9. The summed E-state index contributed by atoms with van der Waals surface area (Å²) in [7, 11) is 1.60. The molecule has 0 bridgehead atoms. The van der Waals surface area contributed by atoms with Crippen LogP contribution in [0.1, 0.15) is 29.3 Å². The van der Waals surface area contributed by atoms with Gasteiger partial charge in [-0.1, -0.05) is 13.0 Å². The van der Waals surface area contributed by atoms with Gasteiger partial charge in [-0.15, -0.1) is 0 Å². The van der Waals surface area contributed by atoms with E-state index in [4.69, 9.17) is 4.74 Å². The van der Waals surface area contributed by atoms with Crippen molar-refractivity contribution in [3.63, 3.8) is 0 Å². The van der Waals surface area contributed by atoms with E-state index in [9.17, 15) is 9.18 Å². The van der Waals surface area contributed by atoms with Crippen LogP contribution in [0.15, 0.2) is 53.6 Å². The third-order valence-electron chi connectivity index (χ3n) is 3.14. The van der Waals surface area contributed by atoms with Gasteiger partial charge in [0.2, 0.25) is 0 Å². The van der Waals surface area contributed by atoms with Crippen molar-refractivity contribution >= 4 is 11.6 Å². The van der Waals surface area contributed by atoms with Crippen LogP contribution >= 0.6 is 0 Å². The van der Waals surface area contributed by atoms with Gasteiger partial charge in [-0.05, 0) is 54.4 Å². The van der Waals surface area contributed by atoms with Gasteiger partial charge in [0.1, 0.15) is 11.6 Å². The summed E-state index contributed by atoms with van der Waals surface area (Å²) in [4.78, 5) is 11.9. The molecule has 1 amide bonds. The first-order valence-electron chi connectivity index (χ1n) is 6.91. The topological polar surface area (TPSA) is 50.7 Å². The van der Waals surface area contributed by atoms with Crippen molar-refractivity contribution in [1.29, 1.82) is 0 Å². The molecular formula is C17H17FN2O2. The van der Waals surface area contributed by atoms with Gasteiger partial charge >= 0.3 is 0 Å². The van der Waals surface area contributed by atoms with Crippen LogP contribution in [-0.2, 0) is 0 Å². The number of rotatable bonds is 5. The second kappa shape index (κ2) is 7.36. The number of carbonyl (C=O) groups excluding carboxylic acids is 1. The Morgan fingerprint density at radius 3 is 2.50 bits per heavy atom. The van der Waals surface area contributed by atoms with Crippen molar-refractivity contribution in [3.8, 4) is 5.75 Å². The van der Waals surface area contributed by atoms with Gasteiger partial charge in [0.05, 0.1) is 12.8 Å². The maximum atomic E-state index is 13.1. The molecule has 0 spiro atoms. The summed E-state index contributed by atoms with van der Waals surface area (Å²) in [5, 5.41) is 4.13. The summed E-state index contributed by atoms with van der Waals surface area (Å²) in [5.41, 5.74) is 4.31. The van der Waals surface area contributed by atoms with Crippen molar-refractivity contribution < 1.29 is 13.9 Å². The Balaban J connectivity index is 2.13. The molecule has 2 rings (SSSR count). The van der Waals surface area contributed by atoms with Crippen LogP contribution in [0.3, 0.4) is 0 Å². The van der Waals surface area contributed by atoms with Gasteiger partial charge in [-0.3, -0.25) is 4.79 Å². The summed E-state index contributed by atoms with van der Waals surface area (Å²) in [6.45, 7) is 1.94. The second-order valence-corrected chi connectivity index (χ2v) is 4.59. The molecule has 0 atom stereocenters. The monoisotopic (exact) mass is 300 g/mol. The maximum Gasteiger partial charge on any atom is 0.271 e. The summed E-state index contributed by atoms with van der Waals surface area (Å²) < 4.78 is 18.2. The zero-order chi connectivity index (χ0) is 15.9. The van der Waals surface area contributed by atoms with Crippen LogP contribution in [-0.4, -0.2) is 18.7 Å². The number of amides is 1. The molecule has 0 aromatic heterocycles. The average Bonchev–Trinajstić information content (AvgIpc) is 2.55. The van der Waals surface area contributed by atoms with Crippen LogP contribution in [0, 0.1) is 5.82 Å². The predicted molar refractivity (Wildman–Crippen MR) is 83.7 cm³/mol. The Hall–Kier alpha value is -2.69. The van der Waals surface area contributed by atoms with Gasteiger partial charge in [0.25, 0.3) is 5.91 Å². The predicted octanol–water partition coefficient (Wildman–Crippen LogP) is 3.38. The lowest BCUT2D eigenvalue weighted by molar-refractivity contribution is 0.0954. The highest BCUT2D eigenvalue weighted by molar-refractivity contribution is 6.02. The van der Waals surface area contributed by atoms with Crippen LogP contribution in [0.2, 0.25) is 0 Å². The fourth-order valence-corrected chi connectivity index (χ4v) is 1.94. The lowest BCUT2D eigenvalue weighted by Gasteiger charge is -2.06. The van der Waals surface area contributed by atoms with Crippen LogP contribution in [0.4, 0.5) is 4.39 Å². The summed E-state index contributed by atoms with van der Waals surface area (Å²) in [6.07, 6.45) is 0.649. The van der Waals surface area contributed by atoms with E-state index < -0.39 is 11.7 Å². The first kappa shape index (κ1) is 15.7. The van der Waals surface area contributed by atoms with Crippen LogP contribution in [0.25, 0.3) is 0 Å². The van der Waals surface area contributed by atoms with Crippen molar-refractivity contribution in [1.82, 2.24) is 5.43 Å². The van der Waals surface area contributed by atoms with Gasteiger partial charge in [-0.2, -0.15) is 5.10 Å². The van der Waals surface area contributed by atoms with E-state index in [0.717, 1.165) is 17.0 Å². The molecule has 0 aliphatic heterocycles. The molecule has 2 aromatic carbocycles. The number of benzene rings is 2. The summed E-state index contributed by atoms with van der Waals surface area (Å²) >= 11 is 0. The zero-order valence-electron chi connectivity index (χ0n) is 12.5. The van der Waals surface area contributed by atoms with Crippen LogP contribution < -0.4 is 10.2 Å². The molecule has 22 heavy (non-hydrogen) atoms. The van der Waals surface area contributed by atoms with E-state index in [0.29, 0.717) is 6.42 Å². The van der Waals surface area contributed by atoms with E-state index in [-0.39, 0.29) is 5.56 Å². The van der Waals surface area contributed by atoms with Gasteiger partial charge in [0, 0.05) is 5.56 Å². The lowest BCUT2D eigenvalue weighted by atomic mass is 10.1. The molecule has 114 valence electrons. The molecule has 0 saturated heterocycles. The first-order valence-corrected chi connectivity index (χ1v) is 6.91. The van der Waals surface area contributed by atoms with E-state index in [1.54, 1.807) is 7.11 Å². The van der Waals surface area contributed by atoms with Crippen molar-refractivity contribution in [2.75, 3.05) is 7.11 Å². The standard InChI is InChI=1S/C17H17FN2O2/c1-3-16(12-7-9-15(22-2)10-8-12)19-20-17(21)13-5-4-6-14(18)11-13/h4-11H,3H2,1-2H3,(H,20,21)/b19-16+. The molecule has 0 radical (unpaired) electrons. The normalized spacial score (nSPS) is 11.1. The van der Waals surface area contributed by atoms with Gasteiger partial charge in [0.15, 0.2) is 0 Å². The Bertz CT molecular complexity index is 681. The Morgan fingerprint density at radius 1 is 1.18 bits per heavy atom. The second-order valence-electron chi connectivity index (χ2n) is 4.59. The lowest BCUT2D eigenvalue weighted by Crippen LogP contribution is -2.20. The minimum atomic E-state index is -0.456. The maximum absolute atomic E-state index is 13.1. The number of carbonyl (C=O) groups is 1. The number of methoxy groups -OCH3 is 1. The van der Waals surface area contributed by atoms with Gasteiger partial charge in [-0.25, -0.2) is 9.82 Å². The number of nitrogens with zero attached hydrogens (tertiary/aromatic N) is 1. The minimum Gasteiger partial charge on any atom is -0.497 e. The molecule has 2 aromatic rings. The largest absolute Gasteiger partial charge is 0.497 e. The van der Waals surface area contributed by atoms with Crippen molar-refractivity contribution in [3.05, 3.63) is 65.5 Å². The van der Waals surface area contributed by atoms with E-state index >= 15 is 0 Å². The highest BCUT2D eigenvalue weighted by atomic mass is 19.1. The zero-order valence-corrected chi connectivity index (χ0v) is 12.5. The van der Waals surface area contributed by atoms with E-state index in [1.165, 1.54) is 24.3 Å². The molecule has 0 aliphatic rings. The highest BCUT2D eigenvalue weighted by Crippen LogP contribution is 2.13. The number of hydrogen-bond donors (Lipinski definition) is 1.